The minimum Gasteiger partial charge on any atom is -0.330 e. The van der Waals surface area contributed by atoms with Gasteiger partial charge in [-0.1, -0.05) is 125 Å². The van der Waals surface area contributed by atoms with Gasteiger partial charge in [-0.25, -0.2) is 4.98 Å². The van der Waals surface area contributed by atoms with Crippen LogP contribution in [-0.2, 0) is 6.42 Å². The zero-order chi connectivity index (χ0) is 35.3. The van der Waals surface area contributed by atoms with Crippen LogP contribution in [0.1, 0.15) is 55.9 Å². The van der Waals surface area contributed by atoms with E-state index in [1.54, 1.807) is 0 Å². The Kier molecular flexibility index (Phi) is 8.00. The van der Waals surface area contributed by atoms with E-state index >= 15 is 0 Å². The molecule has 1 heterocycles. The van der Waals surface area contributed by atoms with Gasteiger partial charge in [0.1, 0.15) is 5.82 Å². The van der Waals surface area contributed by atoms with Crippen LogP contribution in [0.2, 0.25) is 0 Å². The van der Waals surface area contributed by atoms with Crippen molar-refractivity contribution in [2.24, 2.45) is 5.92 Å². The molecule has 0 aliphatic heterocycles. The van der Waals surface area contributed by atoms with E-state index in [0.29, 0.717) is 11.8 Å². The van der Waals surface area contributed by atoms with Crippen LogP contribution in [0.3, 0.4) is 0 Å². The van der Waals surface area contributed by atoms with E-state index < -0.39 is 0 Å². The summed E-state index contributed by atoms with van der Waals surface area (Å²) < 4.78 is 0. The Morgan fingerprint density at radius 1 is 0.635 bits per heavy atom. The molecule has 0 saturated heterocycles. The number of allylic oxidation sites excluding steroid dienone is 2. The molecule has 1 unspecified atom stereocenters. The highest BCUT2D eigenvalue weighted by Crippen LogP contribution is 2.52. The van der Waals surface area contributed by atoms with Gasteiger partial charge in [-0.2, -0.15) is 0 Å². The second-order valence-corrected chi connectivity index (χ2v) is 14.7. The second kappa shape index (κ2) is 13.0. The van der Waals surface area contributed by atoms with Crippen LogP contribution in [-0.4, -0.2) is 11.0 Å². The predicted molar refractivity (Wildman–Crippen MR) is 221 cm³/mol. The summed E-state index contributed by atoms with van der Waals surface area (Å²) in [4.78, 5) is 10.2. The van der Waals surface area contributed by atoms with Gasteiger partial charge in [-0.3, -0.25) is 4.90 Å². The number of hydrogen-bond donors (Lipinski definition) is 0. The van der Waals surface area contributed by atoms with Crippen molar-refractivity contribution in [2.45, 2.75) is 46.1 Å². The number of anilines is 5. The monoisotopic (exact) mass is 673 g/mol. The fourth-order valence-corrected chi connectivity index (χ4v) is 8.50. The van der Waals surface area contributed by atoms with E-state index in [1.807, 2.05) is 0 Å². The summed E-state index contributed by atoms with van der Waals surface area (Å²) >= 11 is 0. The molecule has 2 aliphatic rings. The first-order chi connectivity index (χ1) is 25.5. The van der Waals surface area contributed by atoms with Crippen molar-refractivity contribution < 1.29 is 0 Å². The maximum atomic E-state index is 5.28. The quantitative estimate of drug-likeness (QED) is 0.160. The Bertz CT molecular complexity index is 2460. The van der Waals surface area contributed by atoms with E-state index in [0.717, 1.165) is 28.8 Å². The smallest absolute Gasteiger partial charge is 0.138 e. The molecule has 6 aromatic carbocycles. The summed E-state index contributed by atoms with van der Waals surface area (Å²) in [6, 6.07) is 52.6. The molecule has 0 spiro atoms. The van der Waals surface area contributed by atoms with E-state index in [9.17, 15) is 0 Å². The van der Waals surface area contributed by atoms with Crippen molar-refractivity contribution in [3.63, 3.8) is 0 Å². The van der Waals surface area contributed by atoms with E-state index in [4.69, 9.17) is 4.98 Å². The Balaban J connectivity index is 1.34. The van der Waals surface area contributed by atoms with E-state index in [-0.39, 0.29) is 6.04 Å². The number of pyridine rings is 1. The minimum atomic E-state index is 0.0342. The highest BCUT2D eigenvalue weighted by molar-refractivity contribution is 6.12. The second-order valence-electron chi connectivity index (χ2n) is 14.7. The van der Waals surface area contributed by atoms with Crippen molar-refractivity contribution in [2.75, 3.05) is 9.80 Å². The third kappa shape index (κ3) is 5.31. The summed E-state index contributed by atoms with van der Waals surface area (Å²) in [5.74, 6) is 1.61. The molecule has 9 rings (SSSR count). The lowest BCUT2D eigenvalue weighted by Crippen LogP contribution is -2.34. The molecule has 254 valence electrons. The minimum absolute atomic E-state index is 0.0342. The molecule has 0 saturated carbocycles. The Labute approximate surface area is 307 Å². The average molecular weight is 674 g/mol. The molecule has 0 amide bonds. The Morgan fingerprint density at radius 2 is 1.27 bits per heavy atom. The maximum Gasteiger partial charge on any atom is 0.138 e. The first kappa shape index (κ1) is 32.0. The molecule has 1 aromatic heterocycles. The molecule has 3 heteroatoms. The van der Waals surface area contributed by atoms with Crippen LogP contribution < -0.4 is 9.80 Å². The first-order valence-electron chi connectivity index (χ1n) is 18.6. The van der Waals surface area contributed by atoms with Gasteiger partial charge in [0, 0.05) is 27.8 Å². The summed E-state index contributed by atoms with van der Waals surface area (Å²) in [5, 5.41) is 3.79. The van der Waals surface area contributed by atoms with Crippen molar-refractivity contribution in [1.29, 1.82) is 0 Å². The summed E-state index contributed by atoms with van der Waals surface area (Å²) in [6.45, 7) is 9.36. The Hall–Kier alpha value is -5.93. The van der Waals surface area contributed by atoms with Gasteiger partial charge >= 0.3 is 0 Å². The maximum absolute atomic E-state index is 5.28. The van der Waals surface area contributed by atoms with Gasteiger partial charge in [-0.05, 0) is 118 Å². The van der Waals surface area contributed by atoms with Gasteiger partial charge in [0.15, 0.2) is 0 Å². The van der Waals surface area contributed by atoms with Crippen molar-refractivity contribution in [3.05, 3.63) is 180 Å². The summed E-state index contributed by atoms with van der Waals surface area (Å²) in [7, 11) is 0. The molecule has 2 aliphatic carbocycles. The van der Waals surface area contributed by atoms with Gasteiger partial charge < -0.3 is 4.90 Å². The summed E-state index contributed by atoms with van der Waals surface area (Å²) in [5.41, 5.74) is 14.0. The lowest BCUT2D eigenvalue weighted by atomic mass is 9.72. The Morgan fingerprint density at radius 3 is 1.92 bits per heavy atom. The highest BCUT2D eigenvalue weighted by Gasteiger charge is 2.36. The predicted octanol–water partition coefficient (Wildman–Crippen LogP) is 13.2. The van der Waals surface area contributed by atoms with Crippen LogP contribution in [0.15, 0.2) is 158 Å². The third-order valence-electron chi connectivity index (χ3n) is 10.9. The highest BCUT2D eigenvalue weighted by atomic mass is 15.2. The third-order valence-corrected chi connectivity index (χ3v) is 10.9. The topological polar surface area (TPSA) is 19.4 Å². The van der Waals surface area contributed by atoms with Crippen molar-refractivity contribution in [1.82, 2.24) is 4.98 Å². The van der Waals surface area contributed by atoms with E-state index in [2.05, 4.69) is 195 Å². The number of aromatic nitrogens is 1. The van der Waals surface area contributed by atoms with Crippen LogP contribution in [0.25, 0.3) is 32.8 Å². The number of benzene rings is 6. The number of para-hydroxylation sites is 4. The van der Waals surface area contributed by atoms with Crippen molar-refractivity contribution >= 4 is 61.4 Å². The van der Waals surface area contributed by atoms with Gasteiger partial charge in [0.2, 0.25) is 0 Å². The van der Waals surface area contributed by atoms with Gasteiger partial charge in [0.25, 0.3) is 0 Å². The molecular formula is C49H43N3. The van der Waals surface area contributed by atoms with Crippen LogP contribution in [0.4, 0.5) is 28.6 Å². The molecule has 0 N–H and O–H groups in total. The summed E-state index contributed by atoms with van der Waals surface area (Å²) in [6.07, 6.45) is 5.97. The fraction of sp³-hybridized carbons (Fsp3) is 0.163. The van der Waals surface area contributed by atoms with Gasteiger partial charge in [-0.15, -0.1) is 0 Å². The zero-order valence-corrected chi connectivity index (χ0v) is 30.3. The van der Waals surface area contributed by atoms with Crippen LogP contribution in [0.5, 0.6) is 0 Å². The van der Waals surface area contributed by atoms with Crippen LogP contribution >= 0.6 is 0 Å². The largest absolute Gasteiger partial charge is 0.330 e. The molecule has 0 bridgehead atoms. The number of rotatable bonds is 8. The molecule has 1 atom stereocenters. The molecular weight excluding hydrogens is 631 g/mol. The number of hydrogen-bond acceptors (Lipinski definition) is 3. The van der Waals surface area contributed by atoms with E-state index in [1.165, 1.54) is 61.2 Å². The zero-order valence-electron chi connectivity index (χ0n) is 30.3. The molecule has 3 nitrogen and oxygen atoms in total. The molecule has 7 aromatic rings. The van der Waals surface area contributed by atoms with Gasteiger partial charge in [0.05, 0.1) is 17.2 Å². The SMILES string of the molecule is CC(C)C1=CC(N(c2ccccc2)c2ccccc2)C2=CCc3c(C(C)C)cc(N(c4ccccc4)c4ccc5ccccc5n4)c4ccc1c2c34. The lowest BCUT2D eigenvalue weighted by Gasteiger charge is -2.41. The number of fused-ring (bicyclic) bond motifs is 1. The lowest BCUT2D eigenvalue weighted by molar-refractivity contribution is 0.831. The van der Waals surface area contributed by atoms with Crippen molar-refractivity contribution in [3.8, 4) is 0 Å². The normalized spacial score (nSPS) is 14.8. The fourth-order valence-electron chi connectivity index (χ4n) is 8.50. The molecule has 0 fully saturated rings. The standard InChI is InChI=1S/C49H43N3/c1-32(2)42-30-45(51(35-17-8-5-9-18-35)36-19-10-6-11-20-36)40-27-25-39-43(33(3)4)31-46(41-28-26-38(42)48(40)49(39)41)52(37-21-12-7-13-22-37)47-29-24-34-16-14-15-23-44(34)50-47/h5-24,26-33,45H,25H2,1-4H3. The molecule has 0 radical (unpaired) electrons. The number of nitrogens with zero attached hydrogens (tertiary/aromatic N) is 3. The first-order valence-corrected chi connectivity index (χ1v) is 18.6. The average Bonchev–Trinajstić information content (AvgIpc) is 3.18. The van der Waals surface area contributed by atoms with Crippen LogP contribution in [0, 0.1) is 5.92 Å². The molecule has 52 heavy (non-hydrogen) atoms.